The lowest BCUT2D eigenvalue weighted by atomic mass is 10.2. The lowest BCUT2D eigenvalue weighted by molar-refractivity contribution is -0.118. The lowest BCUT2D eigenvalue weighted by Gasteiger charge is -2.00. The summed E-state index contributed by atoms with van der Waals surface area (Å²) in [5.41, 5.74) is 2.63. The van der Waals surface area contributed by atoms with Crippen LogP contribution in [0.1, 0.15) is 5.69 Å². The second kappa shape index (κ2) is 7.72. The summed E-state index contributed by atoms with van der Waals surface area (Å²) in [6, 6.07) is 19.6. The summed E-state index contributed by atoms with van der Waals surface area (Å²) in [7, 11) is 0. The minimum atomic E-state index is -0.0569. The van der Waals surface area contributed by atoms with Gasteiger partial charge in [-0.25, -0.2) is 4.98 Å². The van der Waals surface area contributed by atoms with E-state index in [0.717, 1.165) is 20.1 Å². The van der Waals surface area contributed by atoms with Crippen LogP contribution in [0.4, 0.5) is 0 Å². The first-order valence-electron chi connectivity index (χ1n) is 8.04. The molecule has 2 heterocycles. The molecule has 0 atom stereocenters. The summed E-state index contributed by atoms with van der Waals surface area (Å²) in [5.74, 6) is 0.959. The van der Waals surface area contributed by atoms with Crippen molar-refractivity contribution < 1.29 is 9.32 Å². The molecule has 0 aliphatic rings. The first-order chi connectivity index (χ1) is 12.8. The van der Waals surface area contributed by atoms with Gasteiger partial charge in [-0.15, -0.1) is 11.3 Å². The number of carbonyl (C=O) groups excluding carboxylic acids is 1. The molecule has 5 nitrogen and oxygen atoms in total. The van der Waals surface area contributed by atoms with Crippen molar-refractivity contribution in [1.29, 1.82) is 0 Å². The molecule has 0 fully saturated rings. The van der Waals surface area contributed by atoms with Gasteiger partial charge in [0.1, 0.15) is 5.69 Å². The predicted octanol–water partition coefficient (Wildman–Crippen LogP) is 4.36. The summed E-state index contributed by atoms with van der Waals surface area (Å²) in [6.45, 7) is 0.343. The number of para-hydroxylation sites is 1. The maximum Gasteiger partial charge on any atom is 0.230 e. The third kappa shape index (κ3) is 3.95. The highest BCUT2D eigenvalue weighted by Crippen LogP contribution is 2.29. The van der Waals surface area contributed by atoms with Gasteiger partial charge in [-0.2, -0.15) is 0 Å². The fraction of sp³-hybridized carbons (Fsp3) is 0.105. The van der Waals surface area contributed by atoms with E-state index >= 15 is 0 Å². The number of thioether (sulfide) groups is 1. The molecule has 0 saturated carbocycles. The average molecular weight is 381 g/mol. The fourth-order valence-electron chi connectivity index (χ4n) is 2.41. The van der Waals surface area contributed by atoms with Gasteiger partial charge in [0.15, 0.2) is 10.1 Å². The highest BCUT2D eigenvalue weighted by Gasteiger charge is 2.10. The van der Waals surface area contributed by atoms with Crippen LogP contribution in [0.25, 0.3) is 21.5 Å². The molecule has 1 N–H and O–H groups in total. The van der Waals surface area contributed by atoms with E-state index in [2.05, 4.69) is 15.5 Å². The number of benzene rings is 2. The molecule has 2 aromatic carbocycles. The summed E-state index contributed by atoms with van der Waals surface area (Å²) >= 11 is 3.04. The van der Waals surface area contributed by atoms with Gasteiger partial charge >= 0.3 is 0 Å². The number of carbonyl (C=O) groups is 1. The minimum absolute atomic E-state index is 0.0569. The maximum absolute atomic E-state index is 12.1. The van der Waals surface area contributed by atoms with Crippen molar-refractivity contribution >= 4 is 39.2 Å². The number of fused-ring (bicyclic) bond motifs is 1. The van der Waals surface area contributed by atoms with E-state index in [1.807, 2.05) is 60.7 Å². The van der Waals surface area contributed by atoms with Gasteiger partial charge in [-0.3, -0.25) is 4.79 Å². The molecule has 0 radical (unpaired) electrons. The molecule has 0 unspecified atom stereocenters. The average Bonchev–Trinajstić information content (AvgIpc) is 3.32. The van der Waals surface area contributed by atoms with E-state index in [4.69, 9.17) is 4.52 Å². The molecule has 130 valence electrons. The summed E-state index contributed by atoms with van der Waals surface area (Å²) in [5, 5.41) is 6.87. The van der Waals surface area contributed by atoms with Gasteiger partial charge in [-0.1, -0.05) is 59.4 Å². The maximum atomic E-state index is 12.1. The first-order valence-corrected chi connectivity index (χ1v) is 9.84. The third-order valence-electron chi connectivity index (χ3n) is 3.68. The minimum Gasteiger partial charge on any atom is -0.356 e. The van der Waals surface area contributed by atoms with Crippen LogP contribution >= 0.6 is 23.1 Å². The van der Waals surface area contributed by atoms with E-state index < -0.39 is 0 Å². The number of hydrogen-bond acceptors (Lipinski definition) is 6. The van der Waals surface area contributed by atoms with Crippen LogP contribution in [0.5, 0.6) is 0 Å². The highest BCUT2D eigenvalue weighted by atomic mass is 32.2. The first kappa shape index (κ1) is 16.8. The quantitative estimate of drug-likeness (QED) is 0.503. The van der Waals surface area contributed by atoms with Crippen molar-refractivity contribution in [2.75, 3.05) is 5.75 Å². The van der Waals surface area contributed by atoms with E-state index in [9.17, 15) is 4.79 Å². The largest absolute Gasteiger partial charge is 0.356 e. The number of thiazole rings is 1. The topological polar surface area (TPSA) is 68.0 Å². The van der Waals surface area contributed by atoms with E-state index in [-0.39, 0.29) is 5.91 Å². The Bertz CT molecular complexity index is 994. The Labute approximate surface area is 158 Å². The molecule has 0 aliphatic heterocycles. The van der Waals surface area contributed by atoms with E-state index in [1.54, 1.807) is 11.3 Å². The number of amides is 1. The molecule has 0 saturated heterocycles. The number of hydrogen-bond donors (Lipinski definition) is 1. The fourth-order valence-corrected chi connectivity index (χ4v) is 4.31. The van der Waals surface area contributed by atoms with Crippen molar-refractivity contribution in [2.24, 2.45) is 0 Å². The Balaban J connectivity index is 1.29. The number of rotatable bonds is 6. The van der Waals surface area contributed by atoms with Crippen molar-refractivity contribution in [2.45, 2.75) is 10.9 Å². The summed E-state index contributed by atoms with van der Waals surface area (Å²) in [6.07, 6.45) is 0. The van der Waals surface area contributed by atoms with Gasteiger partial charge in [-0.05, 0) is 12.1 Å². The van der Waals surface area contributed by atoms with E-state index in [1.165, 1.54) is 11.8 Å². The molecule has 4 rings (SSSR count). The van der Waals surface area contributed by atoms with Crippen LogP contribution < -0.4 is 5.32 Å². The molecule has 0 bridgehead atoms. The van der Waals surface area contributed by atoms with Crippen LogP contribution in [0.3, 0.4) is 0 Å². The molecule has 0 aliphatic carbocycles. The Morgan fingerprint density at radius 1 is 1.12 bits per heavy atom. The number of nitrogens with one attached hydrogen (secondary N) is 1. The number of nitrogens with zero attached hydrogens (tertiary/aromatic N) is 2. The zero-order chi connectivity index (χ0) is 17.8. The standard InChI is InChI=1S/C19H15N3O2S2/c23-18(12-25-19-21-15-8-4-5-9-17(15)26-19)20-11-14-10-16(24-22-14)13-6-2-1-3-7-13/h1-10H,11-12H2,(H,20,23). The number of aromatic nitrogens is 2. The normalized spacial score (nSPS) is 10.9. The highest BCUT2D eigenvalue weighted by molar-refractivity contribution is 8.01. The van der Waals surface area contributed by atoms with Crippen LogP contribution in [-0.4, -0.2) is 21.8 Å². The smallest absolute Gasteiger partial charge is 0.230 e. The van der Waals surface area contributed by atoms with Crippen molar-refractivity contribution in [1.82, 2.24) is 15.5 Å². The van der Waals surface area contributed by atoms with Crippen LogP contribution in [0, 0.1) is 0 Å². The van der Waals surface area contributed by atoms with Gasteiger partial charge in [0.2, 0.25) is 5.91 Å². The SMILES string of the molecule is O=C(CSc1nc2ccccc2s1)NCc1cc(-c2ccccc2)on1. The van der Waals surface area contributed by atoms with Crippen LogP contribution in [0.15, 0.2) is 69.5 Å². The van der Waals surface area contributed by atoms with Gasteiger partial charge < -0.3 is 9.84 Å². The zero-order valence-corrected chi connectivity index (χ0v) is 15.3. The molecular weight excluding hydrogens is 366 g/mol. The molecule has 0 spiro atoms. The van der Waals surface area contributed by atoms with Crippen LogP contribution in [0.2, 0.25) is 0 Å². The molecular formula is C19H15N3O2S2. The molecule has 2 aromatic heterocycles. The Kier molecular flexibility index (Phi) is 4.99. The Morgan fingerprint density at radius 2 is 1.92 bits per heavy atom. The van der Waals surface area contributed by atoms with Crippen LogP contribution in [-0.2, 0) is 11.3 Å². The monoisotopic (exact) mass is 381 g/mol. The summed E-state index contributed by atoms with van der Waals surface area (Å²) in [4.78, 5) is 16.6. The van der Waals surface area contributed by atoms with Gasteiger partial charge in [0.25, 0.3) is 0 Å². The second-order valence-corrected chi connectivity index (χ2v) is 7.81. The van der Waals surface area contributed by atoms with Crippen molar-refractivity contribution in [3.63, 3.8) is 0 Å². The third-order valence-corrected chi connectivity index (χ3v) is 5.86. The molecule has 26 heavy (non-hydrogen) atoms. The van der Waals surface area contributed by atoms with Crippen molar-refractivity contribution in [3.8, 4) is 11.3 Å². The van der Waals surface area contributed by atoms with Crippen molar-refractivity contribution in [3.05, 3.63) is 66.4 Å². The Morgan fingerprint density at radius 3 is 2.77 bits per heavy atom. The second-order valence-electron chi connectivity index (χ2n) is 5.56. The lowest BCUT2D eigenvalue weighted by Crippen LogP contribution is -2.24. The molecule has 1 amide bonds. The summed E-state index contributed by atoms with van der Waals surface area (Å²) < 4.78 is 7.36. The molecule has 7 heteroatoms. The predicted molar refractivity (Wildman–Crippen MR) is 104 cm³/mol. The zero-order valence-electron chi connectivity index (χ0n) is 13.7. The van der Waals surface area contributed by atoms with Gasteiger partial charge in [0, 0.05) is 11.6 Å². The molecule has 4 aromatic rings. The van der Waals surface area contributed by atoms with E-state index in [0.29, 0.717) is 23.8 Å². The Hall–Kier alpha value is -2.64. The van der Waals surface area contributed by atoms with Gasteiger partial charge in [0.05, 0.1) is 22.5 Å².